The fourth-order valence-corrected chi connectivity index (χ4v) is 2.79. The zero-order valence-corrected chi connectivity index (χ0v) is 15.8. The number of carbonyl (C=O) groups excluding carboxylic acids is 1. The van der Waals surface area contributed by atoms with E-state index in [0.717, 1.165) is 5.56 Å². The van der Waals surface area contributed by atoms with E-state index < -0.39 is 6.10 Å². The van der Waals surface area contributed by atoms with E-state index in [1.165, 1.54) is 16.7 Å². The molecule has 0 radical (unpaired) electrons. The predicted octanol–water partition coefficient (Wildman–Crippen LogP) is 4.27. The molecule has 0 spiro atoms. The van der Waals surface area contributed by atoms with Crippen molar-refractivity contribution in [2.45, 2.75) is 46.8 Å². The van der Waals surface area contributed by atoms with Crippen LogP contribution in [0.15, 0.2) is 36.4 Å². The summed E-state index contributed by atoms with van der Waals surface area (Å²) < 4.78 is 10.9. The molecular formula is C21H27NO3. The molecule has 2 atom stereocenters. The highest BCUT2D eigenvalue weighted by Crippen LogP contribution is 2.23. The summed E-state index contributed by atoms with van der Waals surface area (Å²) in [5.74, 6) is 1.16. The van der Waals surface area contributed by atoms with Crippen molar-refractivity contribution in [2.24, 2.45) is 0 Å². The first-order chi connectivity index (χ1) is 11.8. The molecular weight excluding hydrogens is 314 g/mol. The van der Waals surface area contributed by atoms with Gasteiger partial charge in [-0.15, -0.1) is 0 Å². The highest BCUT2D eigenvalue weighted by Gasteiger charge is 2.19. The zero-order valence-electron chi connectivity index (χ0n) is 15.8. The van der Waals surface area contributed by atoms with Crippen molar-refractivity contribution in [2.75, 3.05) is 7.11 Å². The number of aryl methyl sites for hydroxylation is 3. The Labute approximate surface area is 150 Å². The van der Waals surface area contributed by atoms with Crippen molar-refractivity contribution in [1.82, 2.24) is 5.32 Å². The van der Waals surface area contributed by atoms with Gasteiger partial charge in [-0.1, -0.05) is 18.2 Å². The van der Waals surface area contributed by atoms with Gasteiger partial charge in [-0.05, 0) is 69.0 Å². The first-order valence-electron chi connectivity index (χ1n) is 8.50. The van der Waals surface area contributed by atoms with Gasteiger partial charge in [-0.2, -0.15) is 0 Å². The molecule has 0 fully saturated rings. The lowest BCUT2D eigenvalue weighted by Gasteiger charge is -2.21. The van der Waals surface area contributed by atoms with E-state index in [1.54, 1.807) is 20.1 Å². The third-order valence-electron chi connectivity index (χ3n) is 4.43. The Morgan fingerprint density at radius 3 is 2.28 bits per heavy atom. The van der Waals surface area contributed by atoms with Gasteiger partial charge in [0.15, 0.2) is 6.10 Å². The number of hydrogen-bond donors (Lipinski definition) is 1. The SMILES string of the molecule is COc1cccc(O[C@@H](C)C(=O)N[C@H](C)c2cc(C)c(C)cc2C)c1. The predicted molar refractivity (Wildman–Crippen MR) is 100 cm³/mol. The maximum absolute atomic E-state index is 12.5. The van der Waals surface area contributed by atoms with E-state index in [9.17, 15) is 4.79 Å². The molecule has 0 aliphatic heterocycles. The monoisotopic (exact) mass is 341 g/mol. The van der Waals surface area contributed by atoms with Crippen LogP contribution in [-0.2, 0) is 4.79 Å². The van der Waals surface area contributed by atoms with Gasteiger partial charge in [0.05, 0.1) is 13.2 Å². The van der Waals surface area contributed by atoms with Crippen molar-refractivity contribution >= 4 is 5.91 Å². The van der Waals surface area contributed by atoms with Gasteiger partial charge in [0.1, 0.15) is 11.5 Å². The van der Waals surface area contributed by atoms with Gasteiger partial charge in [-0.25, -0.2) is 0 Å². The summed E-state index contributed by atoms with van der Waals surface area (Å²) >= 11 is 0. The Hall–Kier alpha value is -2.49. The first-order valence-corrected chi connectivity index (χ1v) is 8.50. The number of rotatable bonds is 6. The molecule has 4 heteroatoms. The fraction of sp³-hybridized carbons (Fsp3) is 0.381. The van der Waals surface area contributed by atoms with Crippen LogP contribution in [0.25, 0.3) is 0 Å². The topological polar surface area (TPSA) is 47.6 Å². The van der Waals surface area contributed by atoms with Crippen molar-refractivity contribution in [3.05, 3.63) is 58.7 Å². The van der Waals surface area contributed by atoms with Crippen LogP contribution in [-0.4, -0.2) is 19.1 Å². The van der Waals surface area contributed by atoms with E-state index in [4.69, 9.17) is 9.47 Å². The summed E-state index contributed by atoms with van der Waals surface area (Å²) in [6.45, 7) is 9.99. The highest BCUT2D eigenvalue weighted by molar-refractivity contribution is 5.81. The highest BCUT2D eigenvalue weighted by atomic mass is 16.5. The molecule has 134 valence electrons. The standard InChI is InChI=1S/C21H27NO3/c1-13-10-15(3)20(11-14(13)2)16(4)22-21(23)17(5)25-19-9-7-8-18(12-19)24-6/h7-12,16-17H,1-6H3,(H,22,23)/t16-,17+/m1/s1. The van der Waals surface area contributed by atoms with Crippen molar-refractivity contribution in [3.63, 3.8) is 0 Å². The van der Waals surface area contributed by atoms with Gasteiger partial charge in [-0.3, -0.25) is 4.79 Å². The van der Waals surface area contributed by atoms with Crippen LogP contribution in [0.1, 0.15) is 42.1 Å². The molecule has 0 aromatic heterocycles. The number of hydrogen-bond acceptors (Lipinski definition) is 3. The second-order valence-electron chi connectivity index (χ2n) is 6.46. The largest absolute Gasteiger partial charge is 0.497 e. The lowest BCUT2D eigenvalue weighted by atomic mass is 9.96. The van der Waals surface area contributed by atoms with E-state index in [-0.39, 0.29) is 11.9 Å². The molecule has 0 bridgehead atoms. The van der Waals surface area contributed by atoms with Gasteiger partial charge in [0, 0.05) is 6.07 Å². The normalized spacial score (nSPS) is 13.0. The molecule has 0 saturated carbocycles. The van der Waals surface area contributed by atoms with Crippen LogP contribution in [0.5, 0.6) is 11.5 Å². The van der Waals surface area contributed by atoms with E-state index in [1.807, 2.05) is 25.1 Å². The van der Waals surface area contributed by atoms with Gasteiger partial charge < -0.3 is 14.8 Å². The summed E-state index contributed by atoms with van der Waals surface area (Å²) in [5.41, 5.74) is 4.79. The Morgan fingerprint density at radius 2 is 1.60 bits per heavy atom. The summed E-state index contributed by atoms with van der Waals surface area (Å²) in [5, 5.41) is 3.04. The third-order valence-corrected chi connectivity index (χ3v) is 4.43. The maximum Gasteiger partial charge on any atom is 0.261 e. The minimum Gasteiger partial charge on any atom is -0.497 e. The minimum atomic E-state index is -0.596. The van der Waals surface area contributed by atoms with Crippen LogP contribution in [0.3, 0.4) is 0 Å². The zero-order chi connectivity index (χ0) is 18.6. The molecule has 2 rings (SSSR count). The van der Waals surface area contributed by atoms with E-state index in [2.05, 4.69) is 38.2 Å². The average Bonchev–Trinajstić information content (AvgIpc) is 2.58. The molecule has 2 aromatic carbocycles. The van der Waals surface area contributed by atoms with Gasteiger partial charge >= 0.3 is 0 Å². The minimum absolute atomic E-state index is 0.0804. The van der Waals surface area contributed by atoms with Crippen molar-refractivity contribution < 1.29 is 14.3 Å². The second kappa shape index (κ2) is 8.06. The molecule has 0 unspecified atom stereocenters. The Kier molecular flexibility index (Phi) is 6.07. The molecule has 25 heavy (non-hydrogen) atoms. The van der Waals surface area contributed by atoms with Crippen LogP contribution >= 0.6 is 0 Å². The molecule has 0 aliphatic rings. The van der Waals surface area contributed by atoms with E-state index in [0.29, 0.717) is 11.5 Å². The fourth-order valence-electron chi connectivity index (χ4n) is 2.79. The number of methoxy groups -OCH3 is 1. The molecule has 1 N–H and O–H groups in total. The first kappa shape index (κ1) is 18.8. The van der Waals surface area contributed by atoms with Gasteiger partial charge in [0.2, 0.25) is 0 Å². The molecule has 1 amide bonds. The van der Waals surface area contributed by atoms with Gasteiger partial charge in [0.25, 0.3) is 5.91 Å². The molecule has 0 aliphatic carbocycles. The summed E-state index contributed by atoms with van der Waals surface area (Å²) in [6.07, 6.45) is -0.596. The summed E-state index contributed by atoms with van der Waals surface area (Å²) in [6, 6.07) is 11.5. The summed E-state index contributed by atoms with van der Waals surface area (Å²) in [4.78, 5) is 12.5. The van der Waals surface area contributed by atoms with Crippen molar-refractivity contribution in [1.29, 1.82) is 0 Å². The number of amides is 1. The quantitative estimate of drug-likeness (QED) is 0.854. The lowest BCUT2D eigenvalue weighted by Crippen LogP contribution is -2.38. The third kappa shape index (κ3) is 4.75. The number of nitrogens with one attached hydrogen (secondary N) is 1. The molecule has 0 heterocycles. The Bertz CT molecular complexity index is 755. The Balaban J connectivity index is 2.04. The molecule has 2 aromatic rings. The number of benzene rings is 2. The van der Waals surface area contributed by atoms with Crippen LogP contribution < -0.4 is 14.8 Å². The number of carbonyl (C=O) groups is 1. The second-order valence-corrected chi connectivity index (χ2v) is 6.46. The smallest absolute Gasteiger partial charge is 0.261 e. The summed E-state index contributed by atoms with van der Waals surface area (Å²) in [7, 11) is 1.60. The van der Waals surface area contributed by atoms with Crippen LogP contribution in [0, 0.1) is 20.8 Å². The van der Waals surface area contributed by atoms with Crippen LogP contribution in [0.2, 0.25) is 0 Å². The van der Waals surface area contributed by atoms with E-state index >= 15 is 0 Å². The number of ether oxygens (including phenoxy) is 2. The lowest BCUT2D eigenvalue weighted by molar-refractivity contribution is -0.127. The average molecular weight is 341 g/mol. The Morgan fingerprint density at radius 1 is 0.960 bits per heavy atom. The molecule has 4 nitrogen and oxygen atoms in total. The maximum atomic E-state index is 12.5. The van der Waals surface area contributed by atoms with Crippen molar-refractivity contribution in [3.8, 4) is 11.5 Å². The van der Waals surface area contributed by atoms with Crippen LogP contribution in [0.4, 0.5) is 0 Å². The molecule has 0 saturated heterocycles.